The molecule has 2 N–H and O–H groups in total. The van der Waals surface area contributed by atoms with Crippen LogP contribution in [0.1, 0.15) is 52.2 Å². The number of hydrogen-bond donors (Lipinski definition) is 2. The van der Waals surface area contributed by atoms with Crippen LogP contribution in [0.25, 0.3) is 10.9 Å². The molecule has 5 aromatic rings. The van der Waals surface area contributed by atoms with Crippen LogP contribution in [0, 0.1) is 0 Å². The Kier molecular flexibility index (Phi) is 11.0. The number of ether oxygens (including phenoxy) is 7. The average molecular weight is 743 g/mol. The molecule has 0 fully saturated rings. The maximum atomic E-state index is 13.6. The van der Waals surface area contributed by atoms with Gasteiger partial charge in [0.2, 0.25) is 16.9 Å². The Morgan fingerprint density at radius 2 is 1.54 bits per heavy atom. The fourth-order valence-corrected chi connectivity index (χ4v) is 7.06. The number of H-pyrrole nitrogens is 1. The first-order valence-electron chi connectivity index (χ1n) is 17.0. The summed E-state index contributed by atoms with van der Waals surface area (Å²) in [6.45, 7) is 0.583. The van der Waals surface area contributed by atoms with Gasteiger partial charge in [0.1, 0.15) is 11.5 Å². The van der Waals surface area contributed by atoms with Crippen molar-refractivity contribution in [2.24, 2.45) is 0 Å². The summed E-state index contributed by atoms with van der Waals surface area (Å²) in [5.74, 6) is 0.338. The number of pyridine rings is 1. The molecule has 3 aromatic carbocycles. The predicted molar refractivity (Wildman–Crippen MR) is 198 cm³/mol. The van der Waals surface area contributed by atoms with Gasteiger partial charge in [-0.1, -0.05) is 0 Å². The number of nitrogens with one attached hydrogen (secondary N) is 1. The smallest absolute Gasteiger partial charge is 0.306 e. The van der Waals surface area contributed by atoms with Gasteiger partial charge in [-0.25, -0.2) is 0 Å². The highest BCUT2D eigenvalue weighted by molar-refractivity contribution is 5.81. The predicted octanol–water partition coefficient (Wildman–Crippen LogP) is 5.08. The molecule has 284 valence electrons. The van der Waals surface area contributed by atoms with Gasteiger partial charge in [0, 0.05) is 24.2 Å². The van der Waals surface area contributed by atoms with Crippen LogP contribution < -0.4 is 39.4 Å². The van der Waals surface area contributed by atoms with Crippen LogP contribution in [0.4, 0.5) is 0 Å². The molecule has 0 unspecified atom stereocenters. The van der Waals surface area contributed by atoms with E-state index < -0.39 is 41.1 Å². The van der Waals surface area contributed by atoms with Gasteiger partial charge in [-0.15, -0.1) is 0 Å². The van der Waals surface area contributed by atoms with Gasteiger partial charge < -0.3 is 47.7 Å². The van der Waals surface area contributed by atoms with E-state index in [1.54, 1.807) is 38.5 Å². The van der Waals surface area contributed by atoms with Gasteiger partial charge in [-0.2, -0.15) is 0 Å². The highest BCUT2D eigenvalue weighted by atomic mass is 16.5. The minimum atomic E-state index is -1.18. The number of esters is 1. The first-order valence-corrected chi connectivity index (χ1v) is 17.0. The molecule has 0 saturated carbocycles. The van der Waals surface area contributed by atoms with E-state index in [1.165, 1.54) is 41.6 Å². The molecule has 14 nitrogen and oxygen atoms in total. The van der Waals surface area contributed by atoms with Crippen molar-refractivity contribution in [2.45, 2.75) is 31.3 Å². The van der Waals surface area contributed by atoms with Crippen molar-refractivity contribution in [2.75, 3.05) is 56.3 Å². The largest absolute Gasteiger partial charge is 0.502 e. The zero-order valence-corrected chi connectivity index (χ0v) is 31.1. The van der Waals surface area contributed by atoms with Crippen molar-refractivity contribution < 1.29 is 47.5 Å². The Morgan fingerprint density at radius 1 is 0.852 bits per heavy atom. The number of benzene rings is 3. The van der Waals surface area contributed by atoms with Crippen LogP contribution in [0.2, 0.25) is 0 Å². The zero-order valence-electron chi connectivity index (χ0n) is 31.1. The number of fused-ring (bicyclic) bond motifs is 2. The fourth-order valence-electron chi connectivity index (χ4n) is 7.06. The standard InChI is InChI=1S/C40H42N2O12/c1-47-24-9-8-22-12-28(40(46)41-29(22)16-24)27(19-35(44)52-6)38-37(45)30(43)17-25(54-38)20-42-11-10-21-13-31(48-2)32(49-3)18-26(21)36(42)23-14-33(50-4)39(53-7)34(15-23)51-5/h8-9,12-18,27,36,45H,10-11,19-20H2,1-7H3,(H,41,46)/t27-,36-/m1/s1. The van der Waals surface area contributed by atoms with Crippen molar-refractivity contribution >= 4 is 16.9 Å². The topological polar surface area (TPSA) is 168 Å². The van der Waals surface area contributed by atoms with E-state index >= 15 is 0 Å². The number of aromatic nitrogens is 1. The van der Waals surface area contributed by atoms with Gasteiger partial charge in [-0.3, -0.25) is 19.3 Å². The molecule has 6 rings (SSSR count). The number of nitrogens with zero attached hydrogens (tertiary/aromatic N) is 1. The summed E-state index contributed by atoms with van der Waals surface area (Å²) in [5, 5.41) is 11.8. The van der Waals surface area contributed by atoms with Gasteiger partial charge in [0.05, 0.1) is 80.2 Å². The lowest BCUT2D eigenvalue weighted by Crippen LogP contribution is -2.36. The summed E-state index contributed by atoms with van der Waals surface area (Å²) in [7, 11) is 10.5. The summed E-state index contributed by atoms with van der Waals surface area (Å²) in [6.07, 6.45) is 0.210. The zero-order chi connectivity index (χ0) is 38.7. The molecule has 54 heavy (non-hydrogen) atoms. The van der Waals surface area contributed by atoms with Crippen LogP contribution in [-0.2, 0) is 22.5 Å². The Hall–Kier alpha value is -6.15. The third-order valence-electron chi connectivity index (χ3n) is 9.71. The summed E-state index contributed by atoms with van der Waals surface area (Å²) in [4.78, 5) is 44.8. The van der Waals surface area contributed by atoms with Crippen molar-refractivity contribution in [1.29, 1.82) is 0 Å². The molecule has 3 heterocycles. The molecule has 0 spiro atoms. The number of carbonyl (C=O) groups is 1. The van der Waals surface area contributed by atoms with Crippen molar-refractivity contribution in [1.82, 2.24) is 9.88 Å². The molecule has 0 amide bonds. The summed E-state index contributed by atoms with van der Waals surface area (Å²) < 4.78 is 44.9. The fraction of sp³-hybridized carbons (Fsp3) is 0.325. The van der Waals surface area contributed by atoms with E-state index in [0.29, 0.717) is 58.4 Å². The van der Waals surface area contributed by atoms with Crippen molar-refractivity contribution in [3.63, 3.8) is 0 Å². The maximum Gasteiger partial charge on any atom is 0.306 e. The third-order valence-corrected chi connectivity index (χ3v) is 9.71. The van der Waals surface area contributed by atoms with Crippen LogP contribution in [-0.4, -0.2) is 77.3 Å². The van der Waals surface area contributed by atoms with E-state index in [4.69, 9.17) is 37.6 Å². The Bertz CT molecular complexity index is 2290. The lowest BCUT2D eigenvalue weighted by atomic mass is 9.87. The minimum Gasteiger partial charge on any atom is -0.502 e. The SMILES string of the molecule is COC(=O)C[C@@H](c1oc(CN2CCc3cc(OC)c(OC)cc3[C@H]2c2cc(OC)c(OC)c(OC)c2)cc(=O)c1O)c1cc2ccc(OC)cc2[nH]c1=O. The number of aromatic hydroxyl groups is 1. The number of methoxy groups -OCH3 is 7. The van der Waals surface area contributed by atoms with Crippen molar-refractivity contribution in [3.05, 3.63) is 109 Å². The second-order valence-electron chi connectivity index (χ2n) is 12.6. The first kappa shape index (κ1) is 37.6. The Labute approximate surface area is 310 Å². The first-order chi connectivity index (χ1) is 26.1. The highest BCUT2D eigenvalue weighted by Gasteiger charge is 2.34. The number of carbonyl (C=O) groups excluding carboxylic acids is 1. The van der Waals surface area contributed by atoms with Crippen LogP contribution >= 0.6 is 0 Å². The minimum absolute atomic E-state index is 0.0798. The van der Waals surface area contributed by atoms with E-state index in [-0.39, 0.29) is 23.6 Å². The second kappa shape index (κ2) is 15.8. The summed E-state index contributed by atoms with van der Waals surface area (Å²) in [6, 6.07) is 15.1. The van der Waals surface area contributed by atoms with E-state index in [0.717, 1.165) is 16.7 Å². The molecule has 1 aliphatic heterocycles. The molecule has 0 bridgehead atoms. The molecule has 0 radical (unpaired) electrons. The van der Waals surface area contributed by atoms with Gasteiger partial charge in [0.15, 0.2) is 28.8 Å². The molecule has 2 aromatic heterocycles. The van der Waals surface area contributed by atoms with E-state index in [2.05, 4.69) is 9.88 Å². The Balaban J connectivity index is 1.49. The molecule has 2 atom stereocenters. The molecule has 14 heteroatoms. The van der Waals surface area contributed by atoms with E-state index in [1.807, 2.05) is 24.3 Å². The lowest BCUT2D eigenvalue weighted by molar-refractivity contribution is -0.140. The third kappa shape index (κ3) is 7.12. The number of hydrogen-bond acceptors (Lipinski definition) is 13. The van der Waals surface area contributed by atoms with E-state index in [9.17, 15) is 19.5 Å². The maximum absolute atomic E-state index is 13.6. The molecular weight excluding hydrogens is 700 g/mol. The summed E-state index contributed by atoms with van der Waals surface area (Å²) in [5.41, 5.74) is 2.00. The van der Waals surface area contributed by atoms with Gasteiger partial charge >= 0.3 is 5.97 Å². The van der Waals surface area contributed by atoms with Crippen LogP contribution in [0.5, 0.6) is 40.2 Å². The normalized spacial score (nSPS) is 14.5. The number of rotatable bonds is 13. The molecule has 1 aliphatic rings. The van der Waals surface area contributed by atoms with Crippen LogP contribution in [0.15, 0.2) is 68.6 Å². The second-order valence-corrected chi connectivity index (χ2v) is 12.6. The lowest BCUT2D eigenvalue weighted by Gasteiger charge is -2.38. The summed E-state index contributed by atoms with van der Waals surface area (Å²) >= 11 is 0. The van der Waals surface area contributed by atoms with Gasteiger partial charge in [0.25, 0.3) is 5.56 Å². The van der Waals surface area contributed by atoms with Crippen molar-refractivity contribution in [3.8, 4) is 40.2 Å². The highest BCUT2D eigenvalue weighted by Crippen LogP contribution is 2.46. The molecule has 0 aliphatic carbocycles. The Morgan fingerprint density at radius 3 is 2.17 bits per heavy atom. The molecular formula is C40H42N2O12. The van der Waals surface area contributed by atoms with Gasteiger partial charge in [-0.05, 0) is 71.0 Å². The monoisotopic (exact) mass is 742 g/mol. The van der Waals surface area contributed by atoms with Crippen LogP contribution in [0.3, 0.4) is 0 Å². The molecule has 0 saturated heterocycles. The average Bonchev–Trinajstić information content (AvgIpc) is 3.19. The number of aromatic amines is 1. The quantitative estimate of drug-likeness (QED) is 0.153.